The van der Waals surface area contributed by atoms with E-state index in [0.717, 1.165) is 5.78 Å². The molecule has 0 aliphatic heterocycles. The molecule has 0 unspecified atom stereocenters. The number of nitrogens with zero attached hydrogens (tertiary/aromatic N) is 3. The maximum absolute atomic E-state index is 3.99. The van der Waals surface area contributed by atoms with E-state index in [1.54, 1.807) is 12.4 Å². The Kier molecular flexibility index (Phi) is 6.51. The number of rotatable bonds is 0. The lowest BCUT2D eigenvalue weighted by atomic mass is 10.7. The Morgan fingerprint density at radius 3 is 2.15 bits per heavy atom. The summed E-state index contributed by atoms with van der Waals surface area (Å²) in [5.74, 6) is 0.748. The van der Waals surface area contributed by atoms with E-state index in [1.807, 2.05) is 50.6 Å². The van der Waals surface area contributed by atoms with E-state index in [9.17, 15) is 0 Å². The second-order valence-electron chi connectivity index (χ2n) is 1.75. The molecule has 0 bridgehead atoms. The van der Waals surface area contributed by atoms with Crippen LogP contribution in [-0.4, -0.2) is 14.4 Å². The second kappa shape index (κ2) is 7.28. The van der Waals surface area contributed by atoms with Crippen molar-refractivity contribution in [2.45, 2.75) is 27.7 Å². The summed E-state index contributed by atoms with van der Waals surface area (Å²) in [6.45, 7) is 8.00. The van der Waals surface area contributed by atoms with Crippen LogP contribution >= 0.6 is 0 Å². The monoisotopic (exact) mass is 179 g/mol. The number of fused-ring (bicyclic) bond motifs is 1. The van der Waals surface area contributed by atoms with Gasteiger partial charge in [0.15, 0.2) is 0 Å². The molecule has 2 aromatic heterocycles. The van der Waals surface area contributed by atoms with Gasteiger partial charge in [0.25, 0.3) is 0 Å². The number of aromatic nitrogens is 3. The van der Waals surface area contributed by atoms with Gasteiger partial charge in [0.1, 0.15) is 0 Å². The summed E-state index contributed by atoms with van der Waals surface area (Å²) in [4.78, 5) is 7.96. The van der Waals surface area contributed by atoms with Crippen molar-refractivity contribution in [3.05, 3.63) is 30.9 Å². The van der Waals surface area contributed by atoms with Crippen molar-refractivity contribution in [1.29, 1.82) is 0 Å². The van der Waals surface area contributed by atoms with Crippen molar-refractivity contribution in [3.8, 4) is 0 Å². The first-order valence-corrected chi connectivity index (χ1v) is 4.70. The number of imidazole rings is 1. The minimum Gasteiger partial charge on any atom is -0.291 e. The Hall–Kier alpha value is -1.38. The molecule has 0 N–H and O–H groups in total. The second-order valence-corrected chi connectivity index (χ2v) is 1.75. The van der Waals surface area contributed by atoms with Gasteiger partial charge in [-0.15, -0.1) is 0 Å². The highest BCUT2D eigenvalue weighted by Crippen LogP contribution is 1.91. The molecule has 3 heteroatoms. The minimum atomic E-state index is 0.748. The normalized spacial score (nSPS) is 8.00. The summed E-state index contributed by atoms with van der Waals surface area (Å²) >= 11 is 0. The molecule has 0 radical (unpaired) electrons. The SMILES string of the molecule is CC.CC.c1cnc2nccn2c1. The molecule has 0 fully saturated rings. The molecular weight excluding hydrogens is 162 g/mol. The lowest BCUT2D eigenvalue weighted by Crippen LogP contribution is -1.82. The summed E-state index contributed by atoms with van der Waals surface area (Å²) < 4.78 is 1.86. The van der Waals surface area contributed by atoms with Gasteiger partial charge in [-0.3, -0.25) is 4.40 Å². The molecule has 2 rings (SSSR count). The highest BCUT2D eigenvalue weighted by atomic mass is 15.1. The Morgan fingerprint density at radius 1 is 0.923 bits per heavy atom. The van der Waals surface area contributed by atoms with Crippen molar-refractivity contribution >= 4 is 5.78 Å². The fourth-order valence-corrected chi connectivity index (χ4v) is 0.762. The van der Waals surface area contributed by atoms with E-state index < -0.39 is 0 Å². The van der Waals surface area contributed by atoms with Crippen LogP contribution in [0.2, 0.25) is 0 Å². The Balaban J connectivity index is 0.000000322. The van der Waals surface area contributed by atoms with E-state index in [4.69, 9.17) is 0 Å². The zero-order valence-corrected chi connectivity index (χ0v) is 8.73. The van der Waals surface area contributed by atoms with Crippen LogP contribution in [0.15, 0.2) is 30.9 Å². The molecule has 0 atom stereocenters. The van der Waals surface area contributed by atoms with Gasteiger partial charge in [0, 0.05) is 24.8 Å². The fraction of sp³-hybridized carbons (Fsp3) is 0.400. The van der Waals surface area contributed by atoms with Crippen LogP contribution in [0.4, 0.5) is 0 Å². The Labute approximate surface area is 79.5 Å². The van der Waals surface area contributed by atoms with Crippen LogP contribution in [0.25, 0.3) is 5.78 Å². The van der Waals surface area contributed by atoms with Crippen molar-refractivity contribution < 1.29 is 0 Å². The predicted molar refractivity (Wildman–Crippen MR) is 55.7 cm³/mol. The topological polar surface area (TPSA) is 30.2 Å². The van der Waals surface area contributed by atoms with Crippen LogP contribution in [0.5, 0.6) is 0 Å². The van der Waals surface area contributed by atoms with Crippen molar-refractivity contribution in [2.24, 2.45) is 0 Å². The molecule has 0 aliphatic rings. The van der Waals surface area contributed by atoms with Gasteiger partial charge in [0.2, 0.25) is 5.78 Å². The molecule has 0 aliphatic carbocycles. The van der Waals surface area contributed by atoms with Gasteiger partial charge in [-0.2, -0.15) is 0 Å². The molecule has 0 spiro atoms. The molecule has 0 saturated heterocycles. The van der Waals surface area contributed by atoms with Gasteiger partial charge < -0.3 is 0 Å². The van der Waals surface area contributed by atoms with E-state index in [2.05, 4.69) is 9.97 Å². The standard InChI is InChI=1S/C6H5N3.2C2H6/c1-2-7-6-8-3-5-9(6)4-1;2*1-2/h1-5H;2*1-2H3. The van der Waals surface area contributed by atoms with Gasteiger partial charge >= 0.3 is 0 Å². The van der Waals surface area contributed by atoms with E-state index in [-0.39, 0.29) is 0 Å². The smallest absolute Gasteiger partial charge is 0.233 e. The van der Waals surface area contributed by atoms with Crippen molar-refractivity contribution in [1.82, 2.24) is 14.4 Å². The zero-order valence-electron chi connectivity index (χ0n) is 8.73. The average Bonchev–Trinajstić information content (AvgIpc) is 2.71. The highest BCUT2D eigenvalue weighted by Gasteiger charge is 1.87. The first-order chi connectivity index (χ1) is 6.47. The van der Waals surface area contributed by atoms with E-state index in [0.29, 0.717) is 0 Å². The number of hydrogen-bond donors (Lipinski definition) is 0. The Morgan fingerprint density at radius 2 is 1.54 bits per heavy atom. The third-order valence-electron chi connectivity index (χ3n) is 1.17. The van der Waals surface area contributed by atoms with Crippen molar-refractivity contribution in [2.75, 3.05) is 0 Å². The van der Waals surface area contributed by atoms with Crippen LogP contribution in [0.3, 0.4) is 0 Å². The van der Waals surface area contributed by atoms with E-state index >= 15 is 0 Å². The predicted octanol–water partition coefficient (Wildman–Crippen LogP) is 2.78. The van der Waals surface area contributed by atoms with Crippen LogP contribution in [0, 0.1) is 0 Å². The first kappa shape index (κ1) is 11.6. The largest absolute Gasteiger partial charge is 0.291 e. The van der Waals surface area contributed by atoms with Crippen LogP contribution in [0.1, 0.15) is 27.7 Å². The summed E-state index contributed by atoms with van der Waals surface area (Å²) in [6.07, 6.45) is 7.22. The van der Waals surface area contributed by atoms with E-state index in [1.165, 1.54) is 0 Å². The summed E-state index contributed by atoms with van der Waals surface area (Å²) in [5.41, 5.74) is 0. The fourth-order valence-electron chi connectivity index (χ4n) is 0.762. The molecule has 2 aromatic rings. The molecule has 13 heavy (non-hydrogen) atoms. The third kappa shape index (κ3) is 3.23. The van der Waals surface area contributed by atoms with Crippen molar-refractivity contribution in [3.63, 3.8) is 0 Å². The maximum Gasteiger partial charge on any atom is 0.233 e. The minimum absolute atomic E-state index is 0.748. The molecular formula is C10H17N3. The molecule has 0 saturated carbocycles. The third-order valence-corrected chi connectivity index (χ3v) is 1.17. The van der Waals surface area contributed by atoms with Crippen LogP contribution in [-0.2, 0) is 0 Å². The lowest BCUT2D eigenvalue weighted by Gasteiger charge is -1.85. The van der Waals surface area contributed by atoms with Gasteiger partial charge in [0.05, 0.1) is 0 Å². The van der Waals surface area contributed by atoms with Gasteiger partial charge in [-0.1, -0.05) is 27.7 Å². The quantitative estimate of drug-likeness (QED) is 0.622. The summed E-state index contributed by atoms with van der Waals surface area (Å²) in [6, 6.07) is 1.87. The first-order valence-electron chi connectivity index (χ1n) is 4.70. The van der Waals surface area contributed by atoms with Gasteiger partial charge in [-0.25, -0.2) is 9.97 Å². The summed E-state index contributed by atoms with van der Waals surface area (Å²) in [7, 11) is 0. The zero-order chi connectivity index (χ0) is 10.1. The Bertz CT molecular complexity index is 284. The molecule has 0 aromatic carbocycles. The molecule has 3 nitrogen and oxygen atoms in total. The van der Waals surface area contributed by atoms with Crippen LogP contribution < -0.4 is 0 Å². The maximum atomic E-state index is 3.99. The summed E-state index contributed by atoms with van der Waals surface area (Å²) in [5, 5.41) is 0. The van der Waals surface area contributed by atoms with Gasteiger partial charge in [-0.05, 0) is 6.07 Å². The molecule has 72 valence electrons. The number of hydrogen-bond acceptors (Lipinski definition) is 2. The highest BCUT2D eigenvalue weighted by molar-refractivity contribution is 5.25. The molecule has 2 heterocycles. The molecule has 0 amide bonds. The average molecular weight is 179 g/mol. The lowest BCUT2D eigenvalue weighted by molar-refractivity contribution is 1.11.